The van der Waals surface area contributed by atoms with E-state index in [4.69, 9.17) is 4.42 Å². The van der Waals surface area contributed by atoms with E-state index in [-0.39, 0.29) is 22.3 Å². The molecule has 0 aliphatic rings. The molecule has 1 amide bonds. The summed E-state index contributed by atoms with van der Waals surface area (Å²) in [5.74, 6) is 0.145. The Labute approximate surface area is 119 Å². The van der Waals surface area contributed by atoms with Crippen LogP contribution in [0, 0.1) is 6.92 Å². The minimum absolute atomic E-state index is 0. The molecule has 0 aliphatic heterocycles. The maximum Gasteiger partial charge on any atom is -0.870 e. The molecule has 1 aromatic carbocycles. The quantitative estimate of drug-likeness (QED) is 0.826. The van der Waals surface area contributed by atoms with Crippen LogP contribution in [0.3, 0.4) is 0 Å². The Kier molecular flexibility index (Phi) is 8.81. The van der Waals surface area contributed by atoms with Crippen molar-refractivity contribution < 1.29 is 25.6 Å². The summed E-state index contributed by atoms with van der Waals surface area (Å²) in [6, 6.07) is 9.40. The number of aryl methyl sites for hydroxylation is 1. The smallest absolute Gasteiger partial charge is 0.870 e. The maximum atomic E-state index is 11.8. The van der Waals surface area contributed by atoms with Gasteiger partial charge in [0.05, 0.1) is 0 Å². The maximum absolute atomic E-state index is 11.8. The van der Waals surface area contributed by atoms with Gasteiger partial charge in [-0.3, -0.25) is 0 Å². The van der Waals surface area contributed by atoms with Gasteiger partial charge < -0.3 is 16.4 Å². The molecular formula is C12H13GeNO5. The topological polar surface area (TPSA) is 132 Å². The molecule has 0 atom stereocenters. The van der Waals surface area contributed by atoms with E-state index in [9.17, 15) is 4.79 Å². The van der Waals surface area contributed by atoms with Crippen LogP contribution in [0.4, 0.5) is 5.69 Å². The second-order valence-corrected chi connectivity index (χ2v) is 4.68. The largest absolute Gasteiger partial charge is 0.870 e. The summed E-state index contributed by atoms with van der Waals surface area (Å²) < 4.78 is 6.27. The SMILES string of the molecule is Cc1ccoc1C(=O)Nc1cc[c]([Ge+3])cc1.[OH-].[OH-].[OH-]. The van der Waals surface area contributed by atoms with Gasteiger partial charge in [-0.05, 0) is 0 Å². The van der Waals surface area contributed by atoms with Crippen LogP contribution in [-0.4, -0.2) is 38.8 Å². The van der Waals surface area contributed by atoms with E-state index in [0.717, 1.165) is 15.6 Å². The standard InChI is InChI=1S/C12H10GeNO2.3H2O/c1-8-6-7-16-11(8)12(15)14-10-4-2-9(13)3-5-10;;;/h2-7H,1H3,(H,14,15);3*1H2/q+3;;;/p-3. The van der Waals surface area contributed by atoms with Crippen molar-refractivity contribution in [3.8, 4) is 0 Å². The van der Waals surface area contributed by atoms with E-state index >= 15 is 0 Å². The third kappa shape index (κ3) is 4.88. The monoisotopic (exact) mass is 325 g/mol. The number of nitrogens with one attached hydrogen (secondary N) is 1. The van der Waals surface area contributed by atoms with Crippen LogP contribution >= 0.6 is 0 Å². The van der Waals surface area contributed by atoms with Crippen molar-refractivity contribution in [3.05, 3.63) is 47.9 Å². The minimum atomic E-state index is -0.216. The first-order chi connectivity index (χ1) is 7.66. The molecular weight excluding hydrogens is 311 g/mol. The predicted molar refractivity (Wildman–Crippen MR) is 69.0 cm³/mol. The van der Waals surface area contributed by atoms with Crippen LogP contribution in [0.5, 0.6) is 0 Å². The first-order valence-electron chi connectivity index (χ1n) is 4.84. The zero-order valence-electron chi connectivity index (χ0n) is 10.1. The summed E-state index contributed by atoms with van der Waals surface area (Å²) in [7, 11) is 0. The summed E-state index contributed by atoms with van der Waals surface area (Å²) in [4.78, 5) is 11.8. The second kappa shape index (κ2) is 8.49. The molecule has 1 aromatic heterocycles. The van der Waals surface area contributed by atoms with Gasteiger partial charge >= 0.3 is 102 Å². The number of anilines is 1. The van der Waals surface area contributed by atoms with Crippen molar-refractivity contribution in [1.29, 1.82) is 0 Å². The number of carbonyl (C=O) groups is 1. The van der Waals surface area contributed by atoms with E-state index in [2.05, 4.69) is 5.32 Å². The Balaban J connectivity index is 0. The molecule has 19 heavy (non-hydrogen) atoms. The van der Waals surface area contributed by atoms with Gasteiger partial charge in [-0.1, -0.05) is 0 Å². The minimum Gasteiger partial charge on any atom is -0.870 e. The van der Waals surface area contributed by atoms with Crippen molar-refractivity contribution in [3.63, 3.8) is 0 Å². The number of amides is 1. The Bertz CT molecular complexity index is 509. The van der Waals surface area contributed by atoms with Crippen molar-refractivity contribution in [2.24, 2.45) is 0 Å². The van der Waals surface area contributed by atoms with Gasteiger partial charge in [0.15, 0.2) is 0 Å². The summed E-state index contributed by atoms with van der Waals surface area (Å²) in [5, 5.41) is 2.78. The molecule has 0 fully saturated rings. The molecule has 6 nitrogen and oxygen atoms in total. The van der Waals surface area contributed by atoms with E-state index in [1.807, 2.05) is 47.7 Å². The van der Waals surface area contributed by atoms with Crippen LogP contribution < -0.4 is 9.71 Å². The van der Waals surface area contributed by atoms with E-state index < -0.39 is 0 Å². The zero-order valence-corrected chi connectivity index (χ0v) is 12.2. The van der Waals surface area contributed by atoms with E-state index in [0.29, 0.717) is 5.76 Å². The first-order valence-corrected chi connectivity index (χ1v) is 5.89. The predicted octanol–water partition coefficient (Wildman–Crippen LogP) is 1.10. The number of rotatable bonds is 2. The molecule has 100 valence electrons. The number of hydrogen-bond acceptors (Lipinski definition) is 5. The fourth-order valence-corrected chi connectivity index (χ4v) is 1.70. The van der Waals surface area contributed by atoms with Crippen LogP contribution in [0.1, 0.15) is 16.1 Å². The van der Waals surface area contributed by atoms with Gasteiger partial charge in [-0.2, -0.15) is 0 Å². The molecule has 4 N–H and O–H groups in total. The van der Waals surface area contributed by atoms with E-state index in [1.54, 1.807) is 6.07 Å². The summed E-state index contributed by atoms with van der Waals surface area (Å²) in [5.41, 5.74) is 1.61. The van der Waals surface area contributed by atoms with Gasteiger partial charge in [0.2, 0.25) is 0 Å². The second-order valence-electron chi connectivity index (χ2n) is 3.46. The van der Waals surface area contributed by atoms with Crippen LogP contribution in [0.15, 0.2) is 41.0 Å². The number of furan rings is 1. The fraction of sp³-hybridized carbons (Fsp3) is 0.0833. The number of benzene rings is 1. The van der Waals surface area contributed by atoms with Gasteiger partial charge in [0.25, 0.3) is 0 Å². The molecule has 0 saturated carbocycles. The van der Waals surface area contributed by atoms with Crippen LogP contribution in [-0.2, 0) is 0 Å². The first kappa shape index (κ1) is 19.7. The Morgan fingerprint density at radius 2 is 1.68 bits per heavy atom. The van der Waals surface area contributed by atoms with Gasteiger partial charge in [-0.15, -0.1) is 0 Å². The summed E-state index contributed by atoms with van der Waals surface area (Å²) in [6.45, 7) is 1.84. The molecule has 2 aromatic rings. The fourth-order valence-electron chi connectivity index (χ4n) is 1.35. The van der Waals surface area contributed by atoms with Gasteiger partial charge in [-0.25, -0.2) is 0 Å². The average molecular weight is 324 g/mol. The average Bonchev–Trinajstić information content (AvgIpc) is 2.68. The molecule has 0 saturated heterocycles. The zero-order chi connectivity index (χ0) is 11.5. The molecule has 1 heterocycles. The molecule has 2 rings (SSSR count). The molecule has 7 heteroatoms. The van der Waals surface area contributed by atoms with Crippen molar-refractivity contribution in [1.82, 2.24) is 0 Å². The summed E-state index contributed by atoms with van der Waals surface area (Å²) >= 11 is 2.00. The van der Waals surface area contributed by atoms with Gasteiger partial charge in [0, 0.05) is 0 Å². The van der Waals surface area contributed by atoms with Crippen molar-refractivity contribution in [2.45, 2.75) is 6.92 Å². The molecule has 0 spiro atoms. The Hall–Kier alpha value is -1.61. The van der Waals surface area contributed by atoms with Crippen LogP contribution in [0.25, 0.3) is 0 Å². The summed E-state index contributed by atoms with van der Waals surface area (Å²) in [6.07, 6.45) is 1.51. The normalized spacial score (nSPS) is 8.58. The molecule has 0 aliphatic carbocycles. The number of carbonyl (C=O) groups excluding carboxylic acids is 1. The Morgan fingerprint density at radius 1 is 1.11 bits per heavy atom. The third-order valence-electron chi connectivity index (χ3n) is 2.21. The van der Waals surface area contributed by atoms with Crippen molar-refractivity contribution >= 4 is 32.5 Å². The van der Waals surface area contributed by atoms with Crippen molar-refractivity contribution in [2.75, 3.05) is 5.32 Å². The molecule has 0 radical (unpaired) electrons. The van der Waals surface area contributed by atoms with Crippen LogP contribution in [0.2, 0.25) is 0 Å². The number of hydrogen-bond donors (Lipinski definition) is 1. The third-order valence-corrected chi connectivity index (χ3v) is 2.91. The van der Waals surface area contributed by atoms with Gasteiger partial charge in [0.1, 0.15) is 0 Å². The molecule has 0 unspecified atom stereocenters. The van der Waals surface area contributed by atoms with E-state index in [1.165, 1.54) is 6.26 Å². The molecule has 0 bridgehead atoms. The Morgan fingerprint density at radius 3 is 2.16 bits per heavy atom.